The Morgan fingerprint density at radius 1 is 1.09 bits per heavy atom. The Morgan fingerprint density at radius 3 is 2.91 bits per heavy atom. The number of para-hydroxylation sites is 1. The molecule has 0 spiro atoms. The van der Waals surface area contributed by atoms with Crippen LogP contribution in [0.2, 0.25) is 0 Å². The van der Waals surface area contributed by atoms with Crippen LogP contribution in [0.15, 0.2) is 54.7 Å². The molecule has 0 fully saturated rings. The highest BCUT2D eigenvalue weighted by Crippen LogP contribution is 2.32. The number of nitrogens with zero attached hydrogens (tertiary/aromatic N) is 1. The van der Waals surface area contributed by atoms with Gasteiger partial charge in [-0.2, -0.15) is 0 Å². The quantitative estimate of drug-likeness (QED) is 0.808. The molecule has 0 unspecified atom stereocenters. The van der Waals surface area contributed by atoms with Gasteiger partial charge < -0.3 is 14.8 Å². The van der Waals surface area contributed by atoms with Gasteiger partial charge in [0.1, 0.15) is 0 Å². The second-order valence-electron chi connectivity index (χ2n) is 5.29. The van der Waals surface area contributed by atoms with E-state index >= 15 is 0 Å². The lowest BCUT2D eigenvalue weighted by atomic mass is 10.1. The number of rotatable bonds is 3. The predicted molar refractivity (Wildman–Crippen MR) is 85.5 cm³/mol. The summed E-state index contributed by atoms with van der Waals surface area (Å²) < 4.78 is 10.6. The average molecular weight is 306 g/mol. The van der Waals surface area contributed by atoms with Gasteiger partial charge in [0.25, 0.3) is 5.91 Å². The van der Waals surface area contributed by atoms with Gasteiger partial charge in [0.2, 0.25) is 6.79 Å². The van der Waals surface area contributed by atoms with Gasteiger partial charge >= 0.3 is 0 Å². The van der Waals surface area contributed by atoms with E-state index in [9.17, 15) is 4.79 Å². The minimum Gasteiger partial charge on any atom is -0.454 e. The van der Waals surface area contributed by atoms with Gasteiger partial charge in [0.15, 0.2) is 11.5 Å². The van der Waals surface area contributed by atoms with E-state index in [0.717, 1.165) is 22.2 Å². The summed E-state index contributed by atoms with van der Waals surface area (Å²) in [5.41, 5.74) is 2.38. The fourth-order valence-electron chi connectivity index (χ4n) is 2.53. The lowest BCUT2D eigenvalue weighted by Crippen LogP contribution is -2.22. The molecule has 2 heterocycles. The summed E-state index contributed by atoms with van der Waals surface area (Å²) in [7, 11) is 0. The van der Waals surface area contributed by atoms with Crippen LogP contribution in [0.3, 0.4) is 0 Å². The van der Waals surface area contributed by atoms with E-state index in [-0.39, 0.29) is 12.7 Å². The summed E-state index contributed by atoms with van der Waals surface area (Å²) in [6, 6.07) is 15.2. The van der Waals surface area contributed by atoms with Crippen LogP contribution in [0.1, 0.15) is 15.9 Å². The molecule has 5 heteroatoms. The lowest BCUT2D eigenvalue weighted by Gasteiger charge is -2.07. The summed E-state index contributed by atoms with van der Waals surface area (Å²) in [4.78, 5) is 16.6. The predicted octanol–water partition coefficient (Wildman–Crippen LogP) is 2.89. The Bertz CT molecular complexity index is 892. The van der Waals surface area contributed by atoms with Crippen LogP contribution < -0.4 is 14.8 Å². The Balaban J connectivity index is 1.48. The van der Waals surface area contributed by atoms with Crippen LogP contribution >= 0.6 is 0 Å². The van der Waals surface area contributed by atoms with Crippen LogP contribution in [-0.2, 0) is 6.54 Å². The molecule has 1 aliphatic rings. The van der Waals surface area contributed by atoms with Gasteiger partial charge in [0.05, 0.1) is 11.1 Å². The third kappa shape index (κ3) is 2.68. The van der Waals surface area contributed by atoms with Gasteiger partial charge in [-0.3, -0.25) is 9.78 Å². The molecule has 2 aromatic carbocycles. The fraction of sp³-hybridized carbons (Fsp3) is 0.111. The van der Waals surface area contributed by atoms with Crippen LogP contribution in [0.5, 0.6) is 11.5 Å². The molecule has 0 saturated carbocycles. The zero-order valence-corrected chi connectivity index (χ0v) is 12.3. The van der Waals surface area contributed by atoms with Crippen molar-refractivity contribution in [2.24, 2.45) is 0 Å². The number of benzene rings is 2. The van der Waals surface area contributed by atoms with Crippen molar-refractivity contribution in [2.75, 3.05) is 6.79 Å². The molecule has 0 radical (unpaired) electrons. The number of aromatic nitrogens is 1. The molecule has 4 rings (SSSR count). The topological polar surface area (TPSA) is 60.5 Å². The minimum absolute atomic E-state index is 0.152. The lowest BCUT2D eigenvalue weighted by molar-refractivity contribution is 0.0950. The third-order valence-electron chi connectivity index (χ3n) is 3.74. The fourth-order valence-corrected chi connectivity index (χ4v) is 2.53. The summed E-state index contributed by atoms with van der Waals surface area (Å²) in [6.45, 7) is 0.663. The van der Waals surface area contributed by atoms with Crippen LogP contribution in [-0.4, -0.2) is 17.7 Å². The van der Waals surface area contributed by atoms with Crippen LogP contribution in [0.25, 0.3) is 10.9 Å². The molecule has 0 atom stereocenters. The largest absolute Gasteiger partial charge is 0.454 e. The molecule has 0 bridgehead atoms. The molecule has 0 aliphatic carbocycles. The summed E-state index contributed by atoms with van der Waals surface area (Å²) in [5.74, 6) is 1.30. The average Bonchev–Trinajstić information content (AvgIpc) is 3.07. The molecule has 3 aromatic rings. The van der Waals surface area contributed by atoms with Crippen LogP contribution in [0.4, 0.5) is 0 Å². The first kappa shape index (κ1) is 13.6. The Labute approximate surface area is 132 Å². The number of nitrogens with one attached hydrogen (secondary N) is 1. The van der Waals surface area contributed by atoms with Crippen molar-refractivity contribution in [3.05, 3.63) is 65.9 Å². The molecule has 1 N–H and O–H groups in total. The van der Waals surface area contributed by atoms with Gasteiger partial charge in [-0.1, -0.05) is 24.3 Å². The van der Waals surface area contributed by atoms with Crippen molar-refractivity contribution < 1.29 is 14.3 Å². The van der Waals surface area contributed by atoms with Crippen molar-refractivity contribution in [1.82, 2.24) is 10.3 Å². The second kappa shape index (κ2) is 5.61. The zero-order chi connectivity index (χ0) is 15.6. The number of ether oxygens (including phenoxy) is 2. The second-order valence-corrected chi connectivity index (χ2v) is 5.29. The normalized spacial score (nSPS) is 12.3. The maximum absolute atomic E-state index is 12.3. The van der Waals surface area contributed by atoms with Crippen molar-refractivity contribution in [1.29, 1.82) is 0 Å². The Kier molecular flexibility index (Phi) is 3.31. The van der Waals surface area contributed by atoms with E-state index in [1.807, 2.05) is 48.5 Å². The van der Waals surface area contributed by atoms with Gasteiger partial charge in [0, 0.05) is 18.1 Å². The molecular weight excluding hydrogens is 292 g/mol. The Morgan fingerprint density at radius 2 is 1.96 bits per heavy atom. The number of carbonyl (C=O) groups excluding carboxylic acids is 1. The maximum atomic E-state index is 12.3. The number of fused-ring (bicyclic) bond motifs is 2. The number of amides is 1. The number of hydrogen-bond acceptors (Lipinski definition) is 4. The first-order valence-electron chi connectivity index (χ1n) is 7.31. The van der Waals surface area contributed by atoms with Crippen molar-refractivity contribution in [2.45, 2.75) is 6.54 Å². The zero-order valence-electron chi connectivity index (χ0n) is 12.3. The van der Waals surface area contributed by atoms with E-state index < -0.39 is 0 Å². The summed E-state index contributed by atoms with van der Waals surface area (Å²) in [5, 5.41) is 3.84. The first-order chi connectivity index (χ1) is 11.3. The first-order valence-corrected chi connectivity index (χ1v) is 7.31. The minimum atomic E-state index is -0.152. The SMILES string of the molecule is O=C(NCc1ccc2c(c1)OCO2)c1cnc2ccccc2c1. The van der Waals surface area contributed by atoms with Gasteiger partial charge in [-0.15, -0.1) is 0 Å². The van der Waals surface area contributed by atoms with Crippen molar-refractivity contribution in [3.63, 3.8) is 0 Å². The molecule has 1 aliphatic heterocycles. The summed E-state index contributed by atoms with van der Waals surface area (Å²) >= 11 is 0. The third-order valence-corrected chi connectivity index (χ3v) is 3.74. The van der Waals surface area contributed by atoms with Gasteiger partial charge in [-0.05, 0) is 29.8 Å². The van der Waals surface area contributed by atoms with Crippen molar-refractivity contribution >= 4 is 16.8 Å². The maximum Gasteiger partial charge on any atom is 0.253 e. The molecule has 23 heavy (non-hydrogen) atoms. The van der Waals surface area contributed by atoms with E-state index in [2.05, 4.69) is 10.3 Å². The highest BCUT2D eigenvalue weighted by atomic mass is 16.7. The van der Waals surface area contributed by atoms with Crippen molar-refractivity contribution in [3.8, 4) is 11.5 Å². The molecule has 1 amide bonds. The summed E-state index contributed by atoms with van der Waals surface area (Å²) in [6.07, 6.45) is 1.59. The smallest absolute Gasteiger partial charge is 0.253 e. The molecule has 0 saturated heterocycles. The Hall–Kier alpha value is -3.08. The molecule has 1 aromatic heterocycles. The highest BCUT2D eigenvalue weighted by molar-refractivity contribution is 5.97. The van der Waals surface area contributed by atoms with Crippen LogP contribution in [0, 0.1) is 0 Å². The van der Waals surface area contributed by atoms with E-state index in [0.29, 0.717) is 17.9 Å². The van der Waals surface area contributed by atoms with E-state index in [1.165, 1.54) is 0 Å². The molecule has 114 valence electrons. The number of hydrogen-bond donors (Lipinski definition) is 1. The van der Waals surface area contributed by atoms with E-state index in [1.54, 1.807) is 6.20 Å². The molecule has 5 nitrogen and oxygen atoms in total. The standard InChI is InChI=1S/C18H14N2O3/c21-18(14-8-13-3-1-2-4-15(13)19-10-14)20-9-12-5-6-16-17(7-12)23-11-22-16/h1-8,10H,9,11H2,(H,20,21). The monoisotopic (exact) mass is 306 g/mol. The molecular formula is C18H14N2O3. The highest BCUT2D eigenvalue weighted by Gasteiger charge is 2.13. The number of pyridine rings is 1. The van der Waals surface area contributed by atoms with E-state index in [4.69, 9.17) is 9.47 Å². The van der Waals surface area contributed by atoms with Gasteiger partial charge in [-0.25, -0.2) is 0 Å². The number of carbonyl (C=O) groups is 1.